The van der Waals surface area contributed by atoms with Gasteiger partial charge in [0.1, 0.15) is 18.1 Å². The molecule has 4 unspecified atom stereocenters. The molecule has 2 N–H and O–H groups in total. The van der Waals surface area contributed by atoms with Gasteiger partial charge in [-0.3, -0.25) is 14.9 Å². The molecule has 1 aromatic heterocycles. The van der Waals surface area contributed by atoms with Gasteiger partial charge in [-0.25, -0.2) is 9.37 Å². The number of aromatic nitrogens is 1. The molecule has 3 fully saturated rings. The summed E-state index contributed by atoms with van der Waals surface area (Å²) in [6, 6.07) is 5.49. The van der Waals surface area contributed by atoms with Crippen LogP contribution in [0.4, 0.5) is 10.2 Å². The summed E-state index contributed by atoms with van der Waals surface area (Å²) in [6.45, 7) is 2.59. The van der Waals surface area contributed by atoms with E-state index in [4.69, 9.17) is 5.26 Å². The standard InChI is InChI=1S/C21H27FN6O2/c22-15-2-3-16-17(11-15)25-18(26-21(16)30)4-6-20(29)28-9-7-27(8-10-28)19-5-1-14(12-23)13-24-19/h1,5,13,15-18,25H,2-4,6-11H2,(H,26,30). The molecule has 2 amide bonds. The summed E-state index contributed by atoms with van der Waals surface area (Å²) in [5, 5.41) is 15.1. The van der Waals surface area contributed by atoms with Crippen LogP contribution in [0.15, 0.2) is 18.3 Å². The lowest BCUT2D eigenvalue weighted by molar-refractivity contribution is -0.134. The van der Waals surface area contributed by atoms with E-state index in [1.165, 1.54) is 0 Å². The third-order valence-electron chi connectivity index (χ3n) is 6.34. The molecular formula is C21H27FN6O2. The van der Waals surface area contributed by atoms with Crippen LogP contribution in [0.2, 0.25) is 0 Å². The number of fused-ring (bicyclic) bond motifs is 1. The van der Waals surface area contributed by atoms with Crippen LogP contribution in [0.25, 0.3) is 0 Å². The summed E-state index contributed by atoms with van der Waals surface area (Å²) in [7, 11) is 0. The summed E-state index contributed by atoms with van der Waals surface area (Å²) in [5.41, 5.74) is 0.526. The van der Waals surface area contributed by atoms with E-state index in [1.807, 2.05) is 11.0 Å². The monoisotopic (exact) mass is 414 g/mol. The predicted molar refractivity (Wildman–Crippen MR) is 108 cm³/mol. The molecule has 4 rings (SSSR count). The van der Waals surface area contributed by atoms with Gasteiger partial charge in [0, 0.05) is 44.8 Å². The Balaban J connectivity index is 1.23. The number of carbonyl (C=O) groups excluding carboxylic acids is 2. The molecule has 2 aliphatic heterocycles. The highest BCUT2D eigenvalue weighted by molar-refractivity contribution is 5.81. The molecule has 4 atom stereocenters. The lowest BCUT2D eigenvalue weighted by atomic mass is 9.81. The summed E-state index contributed by atoms with van der Waals surface area (Å²) >= 11 is 0. The number of amides is 2. The van der Waals surface area contributed by atoms with Gasteiger partial charge in [0.25, 0.3) is 0 Å². The van der Waals surface area contributed by atoms with Gasteiger partial charge in [-0.15, -0.1) is 0 Å². The fraction of sp³-hybridized carbons (Fsp3) is 0.619. The average Bonchev–Trinajstić information content (AvgIpc) is 2.77. The van der Waals surface area contributed by atoms with Crippen molar-refractivity contribution in [2.75, 3.05) is 31.1 Å². The summed E-state index contributed by atoms with van der Waals surface area (Å²) in [4.78, 5) is 33.2. The van der Waals surface area contributed by atoms with E-state index in [1.54, 1.807) is 12.3 Å². The molecule has 3 aliphatic rings. The van der Waals surface area contributed by atoms with E-state index in [9.17, 15) is 14.0 Å². The second-order valence-electron chi connectivity index (χ2n) is 8.27. The van der Waals surface area contributed by atoms with E-state index in [0.717, 1.165) is 5.82 Å². The second-order valence-corrected chi connectivity index (χ2v) is 8.27. The molecule has 8 nitrogen and oxygen atoms in total. The van der Waals surface area contributed by atoms with Crippen LogP contribution in [0.1, 0.15) is 37.7 Å². The van der Waals surface area contributed by atoms with Crippen LogP contribution in [0, 0.1) is 17.2 Å². The quantitative estimate of drug-likeness (QED) is 0.760. The van der Waals surface area contributed by atoms with Gasteiger partial charge in [0.05, 0.1) is 17.6 Å². The number of nitrogens with zero attached hydrogens (tertiary/aromatic N) is 4. The number of nitrogens with one attached hydrogen (secondary N) is 2. The molecule has 1 aromatic rings. The highest BCUT2D eigenvalue weighted by Crippen LogP contribution is 2.29. The Morgan fingerprint density at radius 3 is 2.77 bits per heavy atom. The van der Waals surface area contributed by atoms with E-state index in [-0.39, 0.29) is 29.9 Å². The molecule has 1 saturated carbocycles. The number of carbonyl (C=O) groups is 2. The van der Waals surface area contributed by atoms with Crippen molar-refractivity contribution in [3.63, 3.8) is 0 Å². The van der Waals surface area contributed by atoms with E-state index < -0.39 is 6.17 Å². The average molecular weight is 414 g/mol. The Morgan fingerprint density at radius 2 is 2.07 bits per heavy atom. The molecule has 9 heteroatoms. The molecule has 0 radical (unpaired) electrons. The normalized spacial score (nSPS) is 29.0. The number of nitriles is 1. The number of anilines is 1. The van der Waals surface area contributed by atoms with Crippen molar-refractivity contribution in [2.24, 2.45) is 5.92 Å². The first-order chi connectivity index (χ1) is 14.5. The minimum absolute atomic E-state index is 0.0216. The molecular weight excluding hydrogens is 387 g/mol. The summed E-state index contributed by atoms with van der Waals surface area (Å²) < 4.78 is 13.7. The van der Waals surface area contributed by atoms with Gasteiger partial charge < -0.3 is 15.1 Å². The van der Waals surface area contributed by atoms with Crippen molar-refractivity contribution >= 4 is 17.6 Å². The summed E-state index contributed by atoms with van der Waals surface area (Å²) in [5.74, 6) is 0.690. The Labute approximate surface area is 175 Å². The minimum Gasteiger partial charge on any atom is -0.353 e. The second kappa shape index (κ2) is 8.96. The molecule has 0 bridgehead atoms. The number of rotatable bonds is 4. The van der Waals surface area contributed by atoms with Gasteiger partial charge >= 0.3 is 0 Å². The van der Waals surface area contributed by atoms with Crippen LogP contribution in [-0.4, -0.2) is 66.3 Å². The topological polar surface area (TPSA) is 101 Å². The zero-order valence-corrected chi connectivity index (χ0v) is 16.9. The van der Waals surface area contributed by atoms with Crippen molar-refractivity contribution in [1.29, 1.82) is 5.26 Å². The Morgan fingerprint density at radius 1 is 1.27 bits per heavy atom. The minimum atomic E-state index is -0.853. The van der Waals surface area contributed by atoms with Crippen molar-refractivity contribution in [1.82, 2.24) is 20.5 Å². The number of piperazine rings is 1. The maximum atomic E-state index is 13.7. The van der Waals surface area contributed by atoms with Crippen molar-refractivity contribution in [2.45, 2.75) is 50.5 Å². The molecule has 1 aliphatic carbocycles. The van der Waals surface area contributed by atoms with Crippen LogP contribution in [0.5, 0.6) is 0 Å². The molecule has 0 aromatic carbocycles. The number of halogens is 1. The van der Waals surface area contributed by atoms with Gasteiger partial charge in [-0.1, -0.05) is 0 Å². The molecule has 30 heavy (non-hydrogen) atoms. The zero-order chi connectivity index (χ0) is 21.1. The Kier molecular flexibility index (Phi) is 6.13. The fourth-order valence-electron chi connectivity index (χ4n) is 4.60. The lowest BCUT2D eigenvalue weighted by Gasteiger charge is -2.41. The smallest absolute Gasteiger partial charge is 0.225 e. The number of pyridine rings is 1. The molecule has 160 valence electrons. The number of hydrogen-bond acceptors (Lipinski definition) is 6. The zero-order valence-electron chi connectivity index (χ0n) is 16.9. The maximum Gasteiger partial charge on any atom is 0.225 e. The van der Waals surface area contributed by atoms with Gasteiger partial charge in [-0.05, 0) is 37.8 Å². The Hall–Kier alpha value is -2.73. The third kappa shape index (κ3) is 4.54. The molecule has 2 saturated heterocycles. The first kappa shape index (κ1) is 20.5. The first-order valence-corrected chi connectivity index (χ1v) is 10.6. The molecule has 3 heterocycles. The predicted octanol–water partition coefficient (Wildman–Crippen LogP) is 0.934. The van der Waals surface area contributed by atoms with E-state index in [0.29, 0.717) is 63.8 Å². The highest BCUT2D eigenvalue weighted by atomic mass is 19.1. The highest BCUT2D eigenvalue weighted by Gasteiger charge is 2.40. The van der Waals surface area contributed by atoms with Crippen LogP contribution in [-0.2, 0) is 9.59 Å². The van der Waals surface area contributed by atoms with Crippen molar-refractivity contribution in [3.05, 3.63) is 23.9 Å². The van der Waals surface area contributed by atoms with Crippen LogP contribution >= 0.6 is 0 Å². The number of hydrogen-bond donors (Lipinski definition) is 2. The third-order valence-corrected chi connectivity index (χ3v) is 6.34. The lowest BCUT2D eigenvalue weighted by Crippen LogP contribution is -2.63. The Bertz CT molecular complexity index is 818. The SMILES string of the molecule is N#Cc1ccc(N2CCN(C(=O)CCC3NC(=O)C4CCC(F)CC4N3)CC2)nc1. The van der Waals surface area contributed by atoms with Crippen molar-refractivity contribution < 1.29 is 14.0 Å². The van der Waals surface area contributed by atoms with E-state index >= 15 is 0 Å². The van der Waals surface area contributed by atoms with E-state index in [2.05, 4.69) is 26.6 Å². The molecule has 0 spiro atoms. The van der Waals surface area contributed by atoms with Gasteiger partial charge in [-0.2, -0.15) is 5.26 Å². The van der Waals surface area contributed by atoms with Crippen LogP contribution < -0.4 is 15.5 Å². The summed E-state index contributed by atoms with van der Waals surface area (Å²) in [6.07, 6.45) is 2.66. The van der Waals surface area contributed by atoms with Crippen molar-refractivity contribution in [3.8, 4) is 6.07 Å². The van der Waals surface area contributed by atoms with Gasteiger partial charge in [0.15, 0.2) is 0 Å². The number of alkyl halides is 1. The van der Waals surface area contributed by atoms with Crippen LogP contribution in [0.3, 0.4) is 0 Å². The maximum absolute atomic E-state index is 13.7. The fourth-order valence-corrected chi connectivity index (χ4v) is 4.60. The largest absolute Gasteiger partial charge is 0.353 e. The van der Waals surface area contributed by atoms with Gasteiger partial charge in [0.2, 0.25) is 11.8 Å². The first-order valence-electron chi connectivity index (χ1n) is 10.6.